The third kappa shape index (κ3) is 2.37. The van der Waals surface area contributed by atoms with E-state index in [-0.39, 0.29) is 11.5 Å². The van der Waals surface area contributed by atoms with Crippen molar-refractivity contribution in [3.63, 3.8) is 0 Å². The topological polar surface area (TPSA) is 116 Å². The molecule has 0 aliphatic rings. The fourth-order valence-corrected chi connectivity index (χ4v) is 1.66. The van der Waals surface area contributed by atoms with E-state index in [0.29, 0.717) is 5.69 Å². The van der Waals surface area contributed by atoms with Crippen molar-refractivity contribution in [1.29, 1.82) is 10.7 Å². The summed E-state index contributed by atoms with van der Waals surface area (Å²) in [4.78, 5) is 0. The smallest absolute Gasteiger partial charge is 0.201 e. The summed E-state index contributed by atoms with van der Waals surface area (Å²) in [6, 6.07) is 7.29. The number of aromatic nitrogens is 2. The number of hydrogen-bond donors (Lipinski definition) is 3. The molecule has 2 aromatic rings. The fourth-order valence-electron chi connectivity index (χ4n) is 1.66. The van der Waals surface area contributed by atoms with Gasteiger partial charge >= 0.3 is 0 Å². The third-order valence-electron chi connectivity index (χ3n) is 2.79. The third-order valence-corrected chi connectivity index (χ3v) is 2.79. The largest absolute Gasteiger partial charge is 0.382 e. The molecule has 0 aliphatic carbocycles. The molecule has 0 fully saturated rings. The molecule has 7 nitrogen and oxygen atoms in total. The van der Waals surface area contributed by atoms with Crippen LogP contribution in [0.15, 0.2) is 23.3 Å². The number of nitrogens with zero attached hydrogens (tertiary/aromatic N) is 4. The van der Waals surface area contributed by atoms with Crippen LogP contribution in [0.2, 0.25) is 0 Å². The van der Waals surface area contributed by atoms with Gasteiger partial charge in [0, 0.05) is 18.1 Å². The van der Waals surface area contributed by atoms with Crippen molar-refractivity contribution in [2.75, 3.05) is 5.43 Å². The second-order valence-corrected chi connectivity index (χ2v) is 4.04. The summed E-state index contributed by atoms with van der Waals surface area (Å²) in [5, 5.41) is 25.0. The summed E-state index contributed by atoms with van der Waals surface area (Å²) in [7, 11) is 1.88. The minimum absolute atomic E-state index is 0.150. The lowest BCUT2D eigenvalue weighted by molar-refractivity contribution is 0.751. The van der Waals surface area contributed by atoms with E-state index in [2.05, 4.69) is 15.6 Å². The van der Waals surface area contributed by atoms with Crippen molar-refractivity contribution in [3.8, 4) is 6.07 Å². The average molecular weight is 255 g/mol. The van der Waals surface area contributed by atoms with Crippen LogP contribution in [0, 0.1) is 23.7 Å². The molecule has 0 amide bonds. The Hall–Kier alpha value is -2.88. The molecule has 0 aliphatic heterocycles. The summed E-state index contributed by atoms with van der Waals surface area (Å²) in [6.45, 7) is 1.97. The van der Waals surface area contributed by atoms with Crippen LogP contribution in [-0.4, -0.2) is 21.3 Å². The number of rotatable bonds is 3. The van der Waals surface area contributed by atoms with Crippen LogP contribution in [0.1, 0.15) is 5.69 Å². The summed E-state index contributed by atoms with van der Waals surface area (Å²) < 4.78 is 1.80. The van der Waals surface area contributed by atoms with Crippen molar-refractivity contribution < 1.29 is 0 Å². The van der Waals surface area contributed by atoms with Gasteiger partial charge in [0.2, 0.25) is 5.71 Å². The Morgan fingerprint density at radius 2 is 2.32 bits per heavy atom. The van der Waals surface area contributed by atoms with Gasteiger partial charge in [0.25, 0.3) is 0 Å². The number of nitriles is 1. The second-order valence-electron chi connectivity index (χ2n) is 4.04. The van der Waals surface area contributed by atoms with Crippen LogP contribution < -0.4 is 11.2 Å². The molecule has 1 aromatic heterocycles. The van der Waals surface area contributed by atoms with Crippen LogP contribution >= 0.6 is 0 Å². The number of fused-ring (bicyclic) bond motifs is 1. The van der Waals surface area contributed by atoms with Crippen LogP contribution in [0.25, 0.3) is 10.9 Å². The van der Waals surface area contributed by atoms with Crippen molar-refractivity contribution in [2.45, 2.75) is 6.92 Å². The summed E-state index contributed by atoms with van der Waals surface area (Å²) in [6.07, 6.45) is 0. The molecular weight excluding hydrogens is 242 g/mol. The quantitative estimate of drug-likeness (QED) is 0.432. The first kappa shape index (κ1) is 12.6. The molecule has 2 rings (SSSR count). The van der Waals surface area contributed by atoms with Gasteiger partial charge in [0.15, 0.2) is 5.84 Å². The highest BCUT2D eigenvalue weighted by Gasteiger charge is 2.06. The lowest BCUT2D eigenvalue weighted by Gasteiger charge is -2.01. The maximum absolute atomic E-state index is 8.74. The molecular formula is C12H13N7. The van der Waals surface area contributed by atoms with E-state index in [1.54, 1.807) is 16.8 Å². The molecule has 0 saturated heterocycles. The first-order chi connectivity index (χ1) is 9.02. The fraction of sp³-hybridized carbons (Fsp3) is 0.167. The number of hydrogen-bond acceptors (Lipinski definition) is 5. The van der Waals surface area contributed by atoms with Gasteiger partial charge in [-0.25, -0.2) is 0 Å². The van der Waals surface area contributed by atoms with Gasteiger partial charge in [0.1, 0.15) is 6.07 Å². The number of nitrogens with one attached hydrogen (secondary N) is 2. The van der Waals surface area contributed by atoms with Crippen LogP contribution in [0.4, 0.5) is 5.69 Å². The van der Waals surface area contributed by atoms with Crippen LogP contribution in [-0.2, 0) is 7.05 Å². The minimum Gasteiger partial charge on any atom is -0.382 e. The van der Waals surface area contributed by atoms with Crippen molar-refractivity contribution >= 4 is 28.1 Å². The van der Waals surface area contributed by atoms with Crippen molar-refractivity contribution in [3.05, 3.63) is 23.9 Å². The zero-order chi connectivity index (χ0) is 14.0. The van der Waals surface area contributed by atoms with E-state index in [0.717, 1.165) is 16.6 Å². The molecule has 0 spiro atoms. The van der Waals surface area contributed by atoms with E-state index in [1.807, 2.05) is 26.1 Å². The first-order valence-electron chi connectivity index (χ1n) is 5.54. The SMILES string of the molecule is Cc1c2cc(N/N=C(\C#N)C(=N)N)ccc2nn1C. The van der Waals surface area contributed by atoms with Crippen LogP contribution in [0.5, 0.6) is 0 Å². The van der Waals surface area contributed by atoms with Gasteiger partial charge in [0.05, 0.1) is 11.2 Å². The highest BCUT2D eigenvalue weighted by Crippen LogP contribution is 2.21. The molecule has 7 heteroatoms. The summed E-state index contributed by atoms with van der Waals surface area (Å²) in [5.74, 6) is -0.367. The molecule has 19 heavy (non-hydrogen) atoms. The van der Waals surface area contributed by atoms with Crippen molar-refractivity contribution in [1.82, 2.24) is 9.78 Å². The number of nitrogens with two attached hydrogens (primary N) is 1. The normalized spacial score (nSPS) is 11.3. The Labute approximate surface area is 109 Å². The van der Waals surface area contributed by atoms with Crippen LogP contribution in [0.3, 0.4) is 0 Å². The Morgan fingerprint density at radius 3 is 2.95 bits per heavy atom. The molecule has 96 valence electrons. The molecule has 0 saturated carbocycles. The molecule has 1 heterocycles. The zero-order valence-corrected chi connectivity index (χ0v) is 10.6. The number of aryl methyl sites for hydroxylation is 2. The van der Waals surface area contributed by atoms with E-state index in [1.165, 1.54) is 0 Å². The summed E-state index contributed by atoms with van der Waals surface area (Å²) in [5.41, 5.74) is 10.4. The Bertz CT molecular complexity index is 717. The van der Waals surface area contributed by atoms with Crippen molar-refractivity contribution in [2.24, 2.45) is 17.9 Å². The molecule has 0 atom stereocenters. The maximum atomic E-state index is 8.74. The number of amidine groups is 1. The molecule has 0 radical (unpaired) electrons. The van der Waals surface area contributed by atoms with E-state index in [9.17, 15) is 0 Å². The molecule has 4 N–H and O–H groups in total. The highest BCUT2D eigenvalue weighted by molar-refractivity contribution is 6.45. The number of hydrazone groups is 1. The lowest BCUT2D eigenvalue weighted by Crippen LogP contribution is -2.21. The molecule has 1 aromatic carbocycles. The minimum atomic E-state index is -0.367. The highest BCUT2D eigenvalue weighted by atomic mass is 15.3. The van der Waals surface area contributed by atoms with Gasteiger partial charge < -0.3 is 5.73 Å². The second kappa shape index (κ2) is 4.78. The predicted molar refractivity (Wildman–Crippen MR) is 74.0 cm³/mol. The van der Waals surface area contributed by atoms with E-state index in [4.69, 9.17) is 16.4 Å². The lowest BCUT2D eigenvalue weighted by atomic mass is 10.2. The van der Waals surface area contributed by atoms with Gasteiger partial charge in [-0.3, -0.25) is 15.5 Å². The predicted octanol–water partition coefficient (Wildman–Crippen LogP) is 1.11. The molecule has 0 bridgehead atoms. The number of benzene rings is 1. The maximum Gasteiger partial charge on any atom is 0.201 e. The summed E-state index contributed by atoms with van der Waals surface area (Å²) >= 11 is 0. The molecule has 0 unspecified atom stereocenters. The first-order valence-corrected chi connectivity index (χ1v) is 5.54. The Kier molecular flexibility index (Phi) is 3.16. The number of anilines is 1. The van der Waals surface area contributed by atoms with Gasteiger partial charge in [-0.05, 0) is 25.1 Å². The zero-order valence-electron chi connectivity index (χ0n) is 10.6. The standard InChI is InChI=1S/C12H13N7/c1-7-9-5-8(3-4-10(9)18-19(7)2)16-17-11(6-13)12(14)15/h3-5,16H,1-2H3,(H3,14,15)/b17-11+. The van der Waals surface area contributed by atoms with Gasteiger partial charge in [-0.15, -0.1) is 0 Å². The monoisotopic (exact) mass is 255 g/mol. The van der Waals surface area contributed by atoms with E-state index < -0.39 is 0 Å². The van der Waals surface area contributed by atoms with Gasteiger partial charge in [-0.1, -0.05) is 0 Å². The van der Waals surface area contributed by atoms with Gasteiger partial charge in [-0.2, -0.15) is 15.5 Å². The average Bonchev–Trinajstić information content (AvgIpc) is 2.66. The van der Waals surface area contributed by atoms with E-state index >= 15 is 0 Å². The Morgan fingerprint density at radius 1 is 1.58 bits per heavy atom. The Balaban J connectivity index is 2.35.